The second-order valence-electron chi connectivity index (χ2n) is 5.25. The van der Waals surface area contributed by atoms with Crippen molar-refractivity contribution < 1.29 is 14.3 Å². The van der Waals surface area contributed by atoms with Crippen molar-refractivity contribution in [3.63, 3.8) is 0 Å². The second kappa shape index (κ2) is 8.28. The van der Waals surface area contributed by atoms with E-state index < -0.39 is 11.8 Å². The van der Waals surface area contributed by atoms with Gasteiger partial charge >= 0.3 is 11.8 Å². The average molecular weight is 367 g/mol. The van der Waals surface area contributed by atoms with Crippen molar-refractivity contribution in [2.45, 2.75) is 20.0 Å². The first kappa shape index (κ1) is 18.4. The van der Waals surface area contributed by atoms with E-state index in [4.69, 9.17) is 16.3 Å². The SMILES string of the molecule is CO[C@@H](CNC(=O)C(=O)Nc1cccc(Cl)c1C)c1ccc(C)s1. The number of benzene rings is 1. The number of carbonyl (C=O) groups excluding carboxylic acids is 2. The lowest BCUT2D eigenvalue weighted by Gasteiger charge is -2.15. The van der Waals surface area contributed by atoms with Crippen LogP contribution in [-0.4, -0.2) is 25.5 Å². The fourth-order valence-corrected chi connectivity index (χ4v) is 3.24. The fourth-order valence-electron chi connectivity index (χ4n) is 2.11. The van der Waals surface area contributed by atoms with Crippen molar-refractivity contribution in [2.24, 2.45) is 0 Å². The predicted octanol–water partition coefficient (Wildman–Crippen LogP) is 3.46. The van der Waals surface area contributed by atoms with Crippen LogP contribution in [0.5, 0.6) is 0 Å². The Morgan fingerprint density at radius 1 is 1.21 bits per heavy atom. The van der Waals surface area contributed by atoms with Gasteiger partial charge in [-0.05, 0) is 43.7 Å². The Kier molecular flexibility index (Phi) is 6.36. The largest absolute Gasteiger partial charge is 0.374 e. The molecule has 2 rings (SSSR count). The van der Waals surface area contributed by atoms with Crippen molar-refractivity contribution in [3.05, 3.63) is 50.7 Å². The maximum Gasteiger partial charge on any atom is 0.313 e. The number of amides is 2. The molecular formula is C17H19ClN2O3S. The molecule has 0 fully saturated rings. The molecule has 0 radical (unpaired) electrons. The molecule has 1 heterocycles. The number of nitrogens with one attached hydrogen (secondary N) is 2. The smallest absolute Gasteiger partial charge is 0.313 e. The van der Waals surface area contributed by atoms with Crippen LogP contribution in [0, 0.1) is 13.8 Å². The van der Waals surface area contributed by atoms with Crippen LogP contribution in [0.2, 0.25) is 5.02 Å². The van der Waals surface area contributed by atoms with Gasteiger partial charge in [-0.25, -0.2) is 0 Å². The van der Waals surface area contributed by atoms with E-state index in [0.29, 0.717) is 16.3 Å². The van der Waals surface area contributed by atoms with E-state index in [1.54, 1.807) is 43.6 Å². The molecule has 0 spiro atoms. The van der Waals surface area contributed by atoms with Crippen molar-refractivity contribution in [3.8, 4) is 0 Å². The zero-order valence-corrected chi connectivity index (χ0v) is 15.3. The summed E-state index contributed by atoms with van der Waals surface area (Å²) in [6.07, 6.45) is -0.284. The Morgan fingerprint density at radius 3 is 2.58 bits per heavy atom. The first-order valence-corrected chi connectivity index (χ1v) is 8.55. The minimum Gasteiger partial charge on any atom is -0.374 e. The highest BCUT2D eigenvalue weighted by Crippen LogP contribution is 2.25. The molecule has 0 aliphatic rings. The van der Waals surface area contributed by atoms with Gasteiger partial charge in [0.1, 0.15) is 6.10 Å². The Balaban J connectivity index is 1.94. The molecule has 0 unspecified atom stereocenters. The molecule has 2 aromatic rings. The van der Waals surface area contributed by atoms with Crippen LogP contribution in [0.3, 0.4) is 0 Å². The molecule has 0 bridgehead atoms. The van der Waals surface area contributed by atoms with E-state index in [9.17, 15) is 9.59 Å². The van der Waals surface area contributed by atoms with Crippen molar-refractivity contribution in [2.75, 3.05) is 19.0 Å². The summed E-state index contributed by atoms with van der Waals surface area (Å²) < 4.78 is 5.38. The van der Waals surface area contributed by atoms with Gasteiger partial charge in [0.2, 0.25) is 0 Å². The number of ether oxygens (including phenoxy) is 1. The van der Waals surface area contributed by atoms with Crippen molar-refractivity contribution in [1.82, 2.24) is 5.32 Å². The minimum absolute atomic E-state index is 0.219. The summed E-state index contributed by atoms with van der Waals surface area (Å²) in [5.41, 5.74) is 1.23. The number of anilines is 1. The number of thiophene rings is 1. The third kappa shape index (κ3) is 4.56. The first-order chi connectivity index (χ1) is 11.4. The summed E-state index contributed by atoms with van der Waals surface area (Å²) in [6.45, 7) is 3.99. The first-order valence-electron chi connectivity index (χ1n) is 7.35. The highest BCUT2D eigenvalue weighted by molar-refractivity contribution is 7.12. The van der Waals surface area contributed by atoms with Gasteiger partial charge in [0.25, 0.3) is 0 Å². The molecular weight excluding hydrogens is 348 g/mol. The van der Waals surface area contributed by atoms with E-state index in [2.05, 4.69) is 10.6 Å². The van der Waals surface area contributed by atoms with E-state index in [1.807, 2.05) is 19.1 Å². The van der Waals surface area contributed by atoms with Crippen LogP contribution < -0.4 is 10.6 Å². The molecule has 2 N–H and O–H groups in total. The van der Waals surface area contributed by atoms with Crippen LogP contribution in [0.25, 0.3) is 0 Å². The number of hydrogen-bond acceptors (Lipinski definition) is 4. The van der Waals surface area contributed by atoms with Crippen molar-refractivity contribution in [1.29, 1.82) is 0 Å². The Morgan fingerprint density at radius 2 is 1.96 bits per heavy atom. The van der Waals surface area contributed by atoms with Gasteiger partial charge < -0.3 is 15.4 Å². The Labute approximate surface area is 150 Å². The Hall–Kier alpha value is -1.89. The topological polar surface area (TPSA) is 67.4 Å². The van der Waals surface area contributed by atoms with Gasteiger partial charge in [0.15, 0.2) is 0 Å². The summed E-state index contributed by atoms with van der Waals surface area (Å²) in [5, 5.41) is 5.68. The maximum atomic E-state index is 12.0. The minimum atomic E-state index is -0.738. The highest BCUT2D eigenvalue weighted by Gasteiger charge is 2.18. The van der Waals surface area contributed by atoms with Gasteiger partial charge in [-0.15, -0.1) is 11.3 Å². The molecule has 128 valence electrons. The summed E-state index contributed by atoms with van der Waals surface area (Å²) >= 11 is 7.60. The summed E-state index contributed by atoms with van der Waals surface area (Å²) in [4.78, 5) is 26.2. The summed E-state index contributed by atoms with van der Waals surface area (Å²) in [7, 11) is 1.57. The van der Waals surface area contributed by atoms with Crippen LogP contribution in [0.1, 0.15) is 21.4 Å². The summed E-state index contributed by atoms with van der Waals surface area (Å²) in [5.74, 6) is -1.46. The van der Waals surface area contributed by atoms with E-state index in [-0.39, 0.29) is 12.6 Å². The number of halogens is 1. The third-order valence-electron chi connectivity index (χ3n) is 3.53. The quantitative estimate of drug-likeness (QED) is 0.796. The molecule has 0 aliphatic heterocycles. The van der Waals surface area contributed by atoms with Crippen LogP contribution in [0.4, 0.5) is 5.69 Å². The third-order valence-corrected chi connectivity index (χ3v) is 5.04. The monoisotopic (exact) mass is 366 g/mol. The number of rotatable bonds is 5. The van der Waals surface area contributed by atoms with Gasteiger partial charge in [-0.1, -0.05) is 17.7 Å². The fraction of sp³-hybridized carbons (Fsp3) is 0.294. The average Bonchev–Trinajstić information content (AvgIpc) is 2.98. The number of methoxy groups -OCH3 is 1. The lowest BCUT2D eigenvalue weighted by Crippen LogP contribution is -2.38. The van der Waals surface area contributed by atoms with E-state index in [0.717, 1.165) is 9.75 Å². The van der Waals surface area contributed by atoms with Gasteiger partial charge in [-0.3, -0.25) is 9.59 Å². The molecule has 1 aromatic carbocycles. The molecule has 1 aromatic heterocycles. The van der Waals surface area contributed by atoms with Crippen LogP contribution in [0.15, 0.2) is 30.3 Å². The lowest BCUT2D eigenvalue weighted by atomic mass is 10.2. The normalized spacial score (nSPS) is 11.8. The molecule has 0 saturated carbocycles. The van der Waals surface area contributed by atoms with E-state index >= 15 is 0 Å². The zero-order valence-electron chi connectivity index (χ0n) is 13.7. The Bertz CT molecular complexity index is 745. The number of hydrogen-bond donors (Lipinski definition) is 2. The van der Waals surface area contributed by atoms with Gasteiger partial charge in [0, 0.05) is 34.1 Å². The van der Waals surface area contributed by atoms with Crippen molar-refractivity contribution >= 4 is 40.4 Å². The number of aryl methyl sites for hydroxylation is 1. The molecule has 0 saturated heterocycles. The summed E-state index contributed by atoms with van der Waals surface area (Å²) in [6, 6.07) is 9.07. The standard InChI is InChI=1S/C17H19ClN2O3S/c1-10-7-8-15(24-10)14(23-3)9-19-16(21)17(22)20-13-6-4-5-12(18)11(13)2/h4-8,14H,9H2,1-3H3,(H,19,21)(H,20,22)/t14-/m0/s1. The second-order valence-corrected chi connectivity index (χ2v) is 6.98. The molecule has 24 heavy (non-hydrogen) atoms. The molecule has 7 heteroatoms. The number of carbonyl (C=O) groups is 2. The maximum absolute atomic E-state index is 12.0. The zero-order chi connectivity index (χ0) is 17.7. The molecule has 0 aliphatic carbocycles. The van der Waals surface area contributed by atoms with Crippen LogP contribution in [-0.2, 0) is 14.3 Å². The highest BCUT2D eigenvalue weighted by atomic mass is 35.5. The van der Waals surface area contributed by atoms with E-state index in [1.165, 1.54) is 0 Å². The van der Waals surface area contributed by atoms with Gasteiger partial charge in [0.05, 0.1) is 0 Å². The lowest BCUT2D eigenvalue weighted by molar-refractivity contribution is -0.136. The molecule has 5 nitrogen and oxygen atoms in total. The predicted molar refractivity (Wildman–Crippen MR) is 96.6 cm³/mol. The van der Waals surface area contributed by atoms with Crippen LogP contribution >= 0.6 is 22.9 Å². The van der Waals surface area contributed by atoms with Gasteiger partial charge in [-0.2, -0.15) is 0 Å². The molecule has 1 atom stereocenters. The molecule has 2 amide bonds.